The van der Waals surface area contributed by atoms with Gasteiger partial charge in [0.1, 0.15) is 5.52 Å². The van der Waals surface area contributed by atoms with Gasteiger partial charge in [-0.3, -0.25) is 4.79 Å². The molecule has 0 aliphatic carbocycles. The molecule has 0 amide bonds. The van der Waals surface area contributed by atoms with E-state index in [0.717, 1.165) is 11.1 Å². The van der Waals surface area contributed by atoms with Crippen LogP contribution in [0, 0.1) is 13.8 Å². The van der Waals surface area contributed by atoms with Crippen molar-refractivity contribution in [3.8, 4) is 11.3 Å². The van der Waals surface area contributed by atoms with Crippen LogP contribution in [0.5, 0.6) is 0 Å². The number of carbonyl (C=O) groups excluding carboxylic acids is 1. The minimum absolute atomic E-state index is 0.240. The lowest BCUT2D eigenvalue weighted by molar-refractivity contribution is 0.0526. The van der Waals surface area contributed by atoms with Gasteiger partial charge in [0, 0.05) is 12.4 Å². The molecule has 0 bridgehead atoms. The second kappa shape index (κ2) is 5.76. The number of aromatic nitrogens is 2. The fourth-order valence-electron chi connectivity index (χ4n) is 2.51. The summed E-state index contributed by atoms with van der Waals surface area (Å²) < 4.78 is 6.64. The lowest BCUT2D eigenvalue weighted by Crippen LogP contribution is -2.09. The highest BCUT2D eigenvalue weighted by Gasteiger charge is 2.12. The Kier molecular flexibility index (Phi) is 3.78. The molecule has 2 aromatic heterocycles. The molecule has 3 aromatic rings. The van der Waals surface area contributed by atoms with Crippen LogP contribution in [0.1, 0.15) is 28.4 Å². The lowest BCUT2D eigenvalue weighted by Gasteiger charge is -2.06. The fourth-order valence-corrected chi connectivity index (χ4v) is 2.51. The van der Waals surface area contributed by atoms with Crippen molar-refractivity contribution < 1.29 is 9.53 Å². The SMILES string of the molecule is CCOC(=O)c1cc2c(=O)[nH]c(-c3ccc(C)c(C)c3)cn2c1. The highest BCUT2D eigenvalue weighted by atomic mass is 16.5. The number of aromatic amines is 1. The van der Waals surface area contributed by atoms with Gasteiger partial charge in [0.2, 0.25) is 0 Å². The highest BCUT2D eigenvalue weighted by molar-refractivity contribution is 5.91. The van der Waals surface area contributed by atoms with E-state index in [9.17, 15) is 9.59 Å². The number of H-pyrrole nitrogens is 1. The van der Waals surface area contributed by atoms with Gasteiger partial charge in [0.05, 0.1) is 17.9 Å². The summed E-state index contributed by atoms with van der Waals surface area (Å²) in [7, 11) is 0. The molecular weight excluding hydrogens is 292 g/mol. The molecule has 1 N–H and O–H groups in total. The molecule has 0 saturated carbocycles. The molecule has 2 heterocycles. The monoisotopic (exact) mass is 310 g/mol. The number of fused-ring (bicyclic) bond motifs is 1. The number of nitrogens with zero attached hydrogens (tertiary/aromatic N) is 1. The molecule has 0 saturated heterocycles. The molecule has 0 spiro atoms. The molecule has 23 heavy (non-hydrogen) atoms. The molecule has 0 aliphatic heterocycles. The Morgan fingerprint density at radius 3 is 2.65 bits per heavy atom. The maximum Gasteiger partial charge on any atom is 0.339 e. The van der Waals surface area contributed by atoms with Crippen molar-refractivity contribution in [3.63, 3.8) is 0 Å². The Morgan fingerprint density at radius 2 is 1.96 bits per heavy atom. The van der Waals surface area contributed by atoms with Crippen molar-refractivity contribution in [1.82, 2.24) is 9.38 Å². The zero-order valence-electron chi connectivity index (χ0n) is 13.3. The van der Waals surface area contributed by atoms with Crippen LogP contribution in [0.2, 0.25) is 0 Å². The van der Waals surface area contributed by atoms with Crippen molar-refractivity contribution in [2.75, 3.05) is 6.61 Å². The number of esters is 1. The van der Waals surface area contributed by atoms with Crippen molar-refractivity contribution in [2.24, 2.45) is 0 Å². The summed E-state index contributed by atoms with van der Waals surface area (Å²) in [5, 5.41) is 0. The molecule has 0 radical (unpaired) electrons. The highest BCUT2D eigenvalue weighted by Crippen LogP contribution is 2.20. The average molecular weight is 310 g/mol. The number of hydrogen-bond acceptors (Lipinski definition) is 3. The van der Waals surface area contributed by atoms with Gasteiger partial charge in [-0.05, 0) is 49.6 Å². The van der Waals surface area contributed by atoms with E-state index in [0.29, 0.717) is 23.4 Å². The van der Waals surface area contributed by atoms with Gasteiger partial charge in [-0.2, -0.15) is 0 Å². The zero-order valence-corrected chi connectivity index (χ0v) is 13.3. The molecule has 5 heteroatoms. The van der Waals surface area contributed by atoms with E-state index in [1.807, 2.05) is 38.2 Å². The minimum atomic E-state index is -0.427. The number of hydrogen-bond donors (Lipinski definition) is 1. The number of carbonyl (C=O) groups is 1. The summed E-state index contributed by atoms with van der Waals surface area (Å²) in [6.07, 6.45) is 3.43. The first-order chi connectivity index (χ1) is 11.0. The van der Waals surface area contributed by atoms with Crippen molar-refractivity contribution in [2.45, 2.75) is 20.8 Å². The summed E-state index contributed by atoms with van der Waals surface area (Å²) in [5.41, 5.74) is 4.53. The molecule has 0 fully saturated rings. The number of rotatable bonds is 3. The van der Waals surface area contributed by atoms with Gasteiger partial charge in [-0.1, -0.05) is 12.1 Å². The van der Waals surface area contributed by atoms with Crippen LogP contribution in [0.15, 0.2) is 41.5 Å². The van der Waals surface area contributed by atoms with E-state index >= 15 is 0 Å². The summed E-state index contributed by atoms with van der Waals surface area (Å²) >= 11 is 0. The molecule has 118 valence electrons. The lowest BCUT2D eigenvalue weighted by atomic mass is 10.0. The Bertz CT molecular complexity index is 951. The largest absolute Gasteiger partial charge is 0.462 e. The van der Waals surface area contributed by atoms with Crippen LogP contribution >= 0.6 is 0 Å². The van der Waals surface area contributed by atoms with E-state index in [-0.39, 0.29) is 5.56 Å². The number of ether oxygens (including phenoxy) is 1. The van der Waals surface area contributed by atoms with Crippen LogP contribution < -0.4 is 5.56 Å². The molecular formula is C18H18N2O3. The predicted molar refractivity (Wildman–Crippen MR) is 88.9 cm³/mol. The molecule has 0 aliphatic rings. The number of nitrogens with one attached hydrogen (secondary N) is 1. The van der Waals surface area contributed by atoms with Gasteiger partial charge in [-0.15, -0.1) is 0 Å². The Hall–Kier alpha value is -2.82. The standard InChI is InChI=1S/C18H18N2O3/c1-4-23-18(22)14-8-16-17(21)19-15(10-20(16)9-14)13-6-5-11(2)12(3)7-13/h5-10H,4H2,1-3H3,(H,19,21). The van der Waals surface area contributed by atoms with E-state index < -0.39 is 5.97 Å². The maximum absolute atomic E-state index is 12.3. The summed E-state index contributed by atoms with van der Waals surface area (Å²) in [6.45, 7) is 6.13. The predicted octanol–water partition coefficient (Wildman–Crippen LogP) is 3.09. The van der Waals surface area contributed by atoms with E-state index in [1.165, 1.54) is 5.56 Å². The molecule has 1 aromatic carbocycles. The number of benzene rings is 1. The van der Waals surface area contributed by atoms with Crippen LogP contribution in [-0.2, 0) is 4.74 Å². The van der Waals surface area contributed by atoms with E-state index in [4.69, 9.17) is 4.74 Å². The summed E-state index contributed by atoms with van der Waals surface area (Å²) in [4.78, 5) is 27.0. The summed E-state index contributed by atoms with van der Waals surface area (Å²) in [5.74, 6) is -0.427. The average Bonchev–Trinajstić information content (AvgIpc) is 2.95. The minimum Gasteiger partial charge on any atom is -0.462 e. The first-order valence-electron chi connectivity index (χ1n) is 7.49. The summed E-state index contributed by atoms with van der Waals surface area (Å²) in [6, 6.07) is 7.56. The number of aryl methyl sites for hydroxylation is 2. The van der Waals surface area contributed by atoms with Crippen LogP contribution in [0.3, 0.4) is 0 Å². The molecule has 0 atom stereocenters. The second-order valence-electron chi connectivity index (χ2n) is 5.54. The fraction of sp³-hybridized carbons (Fsp3) is 0.222. The zero-order chi connectivity index (χ0) is 16.6. The molecule has 5 nitrogen and oxygen atoms in total. The van der Waals surface area contributed by atoms with Crippen molar-refractivity contribution >= 4 is 11.5 Å². The Labute approximate surface area is 133 Å². The smallest absolute Gasteiger partial charge is 0.339 e. The first kappa shape index (κ1) is 15.1. The van der Waals surface area contributed by atoms with Gasteiger partial charge < -0.3 is 14.1 Å². The third-order valence-corrected chi connectivity index (χ3v) is 3.93. The molecule has 0 unspecified atom stereocenters. The van der Waals surface area contributed by atoms with Gasteiger partial charge in [0.25, 0.3) is 5.56 Å². The maximum atomic E-state index is 12.3. The van der Waals surface area contributed by atoms with Crippen LogP contribution in [0.25, 0.3) is 16.8 Å². The topological polar surface area (TPSA) is 63.6 Å². The Morgan fingerprint density at radius 1 is 1.17 bits per heavy atom. The third-order valence-electron chi connectivity index (χ3n) is 3.93. The normalized spacial score (nSPS) is 10.9. The third kappa shape index (κ3) is 2.77. The van der Waals surface area contributed by atoms with E-state index in [1.54, 1.807) is 23.6 Å². The van der Waals surface area contributed by atoms with Crippen molar-refractivity contribution in [3.05, 3.63) is 63.7 Å². The first-order valence-corrected chi connectivity index (χ1v) is 7.49. The van der Waals surface area contributed by atoms with Gasteiger partial charge in [-0.25, -0.2) is 4.79 Å². The molecule has 3 rings (SSSR count). The van der Waals surface area contributed by atoms with E-state index in [2.05, 4.69) is 4.98 Å². The van der Waals surface area contributed by atoms with Gasteiger partial charge in [0.15, 0.2) is 0 Å². The van der Waals surface area contributed by atoms with Crippen molar-refractivity contribution in [1.29, 1.82) is 0 Å². The second-order valence-corrected chi connectivity index (χ2v) is 5.54. The Balaban J connectivity index is 2.11. The van der Waals surface area contributed by atoms with Gasteiger partial charge >= 0.3 is 5.97 Å². The van der Waals surface area contributed by atoms with Crippen LogP contribution in [0.4, 0.5) is 0 Å². The van der Waals surface area contributed by atoms with Crippen LogP contribution in [-0.4, -0.2) is 22.0 Å². The quantitative estimate of drug-likeness (QED) is 0.756.